The molecule has 0 heterocycles. The molecule has 6 heteroatoms. The summed E-state index contributed by atoms with van der Waals surface area (Å²) < 4.78 is 27.4. The van der Waals surface area contributed by atoms with Gasteiger partial charge in [-0.05, 0) is 42.3 Å². The number of thioether (sulfide) groups is 1. The van der Waals surface area contributed by atoms with Crippen LogP contribution in [0.5, 0.6) is 0 Å². The van der Waals surface area contributed by atoms with Crippen LogP contribution in [0.2, 0.25) is 0 Å². The van der Waals surface area contributed by atoms with Gasteiger partial charge in [-0.3, -0.25) is 11.3 Å². The molecule has 0 saturated carbocycles. The fourth-order valence-electron chi connectivity index (χ4n) is 1.93. The van der Waals surface area contributed by atoms with E-state index in [2.05, 4.69) is 21.4 Å². The lowest BCUT2D eigenvalue weighted by Crippen LogP contribution is -2.38. The van der Waals surface area contributed by atoms with Gasteiger partial charge in [-0.1, -0.05) is 22.0 Å². The van der Waals surface area contributed by atoms with Gasteiger partial charge in [-0.15, -0.1) is 11.8 Å². The zero-order chi connectivity index (χ0) is 15.2. The van der Waals surface area contributed by atoms with Gasteiger partial charge in [-0.2, -0.15) is 0 Å². The second kappa shape index (κ2) is 7.89. The first-order valence-corrected chi connectivity index (χ1v) is 8.14. The predicted molar refractivity (Wildman–Crippen MR) is 86.0 cm³/mol. The molecule has 0 bridgehead atoms. The van der Waals surface area contributed by atoms with Crippen LogP contribution < -0.4 is 11.3 Å². The largest absolute Gasteiger partial charge is 0.271 e. The van der Waals surface area contributed by atoms with E-state index in [0.29, 0.717) is 17.7 Å². The SMILES string of the molecule is NNC(CSc1cccc(Br)c1)Cc1cc(F)cc(F)c1. The van der Waals surface area contributed by atoms with E-state index in [1.54, 1.807) is 11.8 Å². The lowest BCUT2D eigenvalue weighted by atomic mass is 10.1. The van der Waals surface area contributed by atoms with Crippen LogP contribution in [-0.4, -0.2) is 11.8 Å². The fraction of sp³-hybridized carbons (Fsp3) is 0.200. The Morgan fingerprint density at radius 2 is 1.86 bits per heavy atom. The van der Waals surface area contributed by atoms with E-state index in [-0.39, 0.29) is 6.04 Å². The molecular formula is C15H15BrF2N2S. The molecule has 0 saturated heterocycles. The van der Waals surface area contributed by atoms with Gasteiger partial charge in [-0.25, -0.2) is 8.78 Å². The van der Waals surface area contributed by atoms with Crippen LogP contribution in [0.1, 0.15) is 5.56 Å². The minimum Gasteiger partial charge on any atom is -0.271 e. The third-order valence-electron chi connectivity index (χ3n) is 2.89. The number of hydrazine groups is 1. The van der Waals surface area contributed by atoms with Crippen LogP contribution >= 0.6 is 27.7 Å². The van der Waals surface area contributed by atoms with Gasteiger partial charge in [0.1, 0.15) is 11.6 Å². The van der Waals surface area contributed by atoms with Crippen LogP contribution in [0.15, 0.2) is 51.8 Å². The summed E-state index contributed by atoms with van der Waals surface area (Å²) in [4.78, 5) is 1.11. The van der Waals surface area contributed by atoms with Crippen molar-refractivity contribution in [1.82, 2.24) is 5.43 Å². The predicted octanol–water partition coefficient (Wildman–Crippen LogP) is 3.89. The number of hydrogen-bond donors (Lipinski definition) is 2. The quantitative estimate of drug-likeness (QED) is 0.458. The smallest absolute Gasteiger partial charge is 0.126 e. The molecule has 3 N–H and O–H groups in total. The highest BCUT2D eigenvalue weighted by molar-refractivity contribution is 9.10. The Hall–Kier alpha value is -0.950. The summed E-state index contributed by atoms with van der Waals surface area (Å²) in [7, 11) is 0. The average molecular weight is 373 g/mol. The third kappa shape index (κ3) is 5.39. The van der Waals surface area contributed by atoms with Gasteiger partial charge in [0.25, 0.3) is 0 Å². The molecule has 2 aromatic rings. The molecule has 2 aromatic carbocycles. The second-order valence-electron chi connectivity index (χ2n) is 4.61. The maximum Gasteiger partial charge on any atom is 0.126 e. The summed E-state index contributed by atoms with van der Waals surface area (Å²) in [5.41, 5.74) is 3.29. The Morgan fingerprint density at radius 3 is 2.48 bits per heavy atom. The van der Waals surface area contributed by atoms with Crippen molar-refractivity contribution in [2.45, 2.75) is 17.4 Å². The van der Waals surface area contributed by atoms with E-state index in [1.807, 2.05) is 24.3 Å². The van der Waals surface area contributed by atoms with Crippen molar-refractivity contribution in [3.05, 3.63) is 64.1 Å². The Bertz CT molecular complexity index is 590. The van der Waals surface area contributed by atoms with E-state index in [1.165, 1.54) is 12.1 Å². The summed E-state index contributed by atoms with van der Waals surface area (Å²) >= 11 is 5.05. The molecule has 2 rings (SSSR count). The van der Waals surface area contributed by atoms with Gasteiger partial charge in [0, 0.05) is 27.2 Å². The van der Waals surface area contributed by atoms with Crippen molar-refractivity contribution in [1.29, 1.82) is 0 Å². The maximum atomic E-state index is 13.2. The first kappa shape index (κ1) is 16.4. The summed E-state index contributed by atoms with van der Waals surface area (Å²) in [5, 5.41) is 0. The minimum atomic E-state index is -0.569. The highest BCUT2D eigenvalue weighted by Crippen LogP contribution is 2.23. The van der Waals surface area contributed by atoms with Crippen molar-refractivity contribution in [3.8, 4) is 0 Å². The van der Waals surface area contributed by atoms with Gasteiger partial charge >= 0.3 is 0 Å². The van der Waals surface area contributed by atoms with Crippen LogP contribution in [0.4, 0.5) is 8.78 Å². The second-order valence-corrected chi connectivity index (χ2v) is 6.62. The van der Waals surface area contributed by atoms with Crippen LogP contribution in [-0.2, 0) is 6.42 Å². The number of nitrogens with two attached hydrogens (primary N) is 1. The van der Waals surface area contributed by atoms with Gasteiger partial charge in [0.05, 0.1) is 0 Å². The first-order valence-electron chi connectivity index (χ1n) is 6.36. The topological polar surface area (TPSA) is 38.0 Å². The lowest BCUT2D eigenvalue weighted by molar-refractivity contribution is 0.556. The van der Waals surface area contributed by atoms with Crippen molar-refractivity contribution in [2.24, 2.45) is 5.84 Å². The number of halogens is 3. The molecular weight excluding hydrogens is 358 g/mol. The molecule has 2 nitrogen and oxygen atoms in total. The Balaban J connectivity index is 1.96. The number of benzene rings is 2. The van der Waals surface area contributed by atoms with Crippen LogP contribution in [0, 0.1) is 11.6 Å². The maximum absolute atomic E-state index is 13.2. The van der Waals surface area contributed by atoms with Crippen molar-refractivity contribution < 1.29 is 8.78 Å². The molecule has 0 amide bonds. The number of nitrogens with one attached hydrogen (secondary N) is 1. The Labute approximate surface area is 135 Å². The number of rotatable bonds is 6. The summed E-state index contributed by atoms with van der Waals surface area (Å²) in [6.45, 7) is 0. The van der Waals surface area contributed by atoms with Crippen molar-refractivity contribution in [2.75, 3.05) is 5.75 Å². The molecule has 0 aliphatic carbocycles. The Kier molecular flexibility index (Phi) is 6.17. The van der Waals surface area contributed by atoms with E-state index in [0.717, 1.165) is 15.4 Å². The van der Waals surface area contributed by atoms with Gasteiger partial charge < -0.3 is 0 Å². The van der Waals surface area contributed by atoms with E-state index in [9.17, 15) is 8.78 Å². The molecule has 21 heavy (non-hydrogen) atoms. The minimum absolute atomic E-state index is 0.0739. The molecule has 112 valence electrons. The summed E-state index contributed by atoms with van der Waals surface area (Å²) in [6, 6.07) is 11.4. The van der Waals surface area contributed by atoms with Gasteiger partial charge in [0.2, 0.25) is 0 Å². The lowest BCUT2D eigenvalue weighted by Gasteiger charge is -2.16. The standard InChI is InChI=1S/C15H15BrF2N2S/c16-11-2-1-3-15(7-11)21-9-14(20-19)6-10-4-12(17)8-13(18)5-10/h1-5,7-8,14,20H,6,9,19H2. The van der Waals surface area contributed by atoms with Crippen molar-refractivity contribution in [3.63, 3.8) is 0 Å². The zero-order valence-electron chi connectivity index (χ0n) is 11.2. The molecule has 0 aromatic heterocycles. The Morgan fingerprint density at radius 1 is 1.14 bits per heavy atom. The highest BCUT2D eigenvalue weighted by Gasteiger charge is 2.10. The molecule has 0 aliphatic heterocycles. The number of hydrogen-bond acceptors (Lipinski definition) is 3. The molecule has 1 unspecified atom stereocenters. The molecule has 1 atom stereocenters. The van der Waals surface area contributed by atoms with Crippen molar-refractivity contribution >= 4 is 27.7 Å². The summed E-state index contributed by atoms with van der Waals surface area (Å²) in [6.07, 6.45) is 0.464. The van der Waals surface area contributed by atoms with E-state index >= 15 is 0 Å². The molecule has 0 radical (unpaired) electrons. The molecule has 0 spiro atoms. The first-order chi connectivity index (χ1) is 10.1. The van der Waals surface area contributed by atoms with Crippen LogP contribution in [0.3, 0.4) is 0 Å². The average Bonchev–Trinajstić information content (AvgIpc) is 2.42. The van der Waals surface area contributed by atoms with E-state index < -0.39 is 11.6 Å². The molecule has 0 fully saturated rings. The fourth-order valence-corrected chi connectivity index (χ4v) is 3.48. The third-order valence-corrected chi connectivity index (χ3v) is 4.54. The zero-order valence-corrected chi connectivity index (χ0v) is 13.6. The molecule has 0 aliphatic rings. The monoisotopic (exact) mass is 372 g/mol. The van der Waals surface area contributed by atoms with E-state index in [4.69, 9.17) is 5.84 Å². The van der Waals surface area contributed by atoms with Crippen LogP contribution in [0.25, 0.3) is 0 Å². The highest BCUT2D eigenvalue weighted by atomic mass is 79.9. The summed E-state index contributed by atoms with van der Waals surface area (Å²) in [5.74, 6) is 5.09. The van der Waals surface area contributed by atoms with Gasteiger partial charge in [0.15, 0.2) is 0 Å². The normalized spacial score (nSPS) is 12.4.